The molecule has 0 heterocycles. The molecule has 1 aliphatic rings. The summed E-state index contributed by atoms with van der Waals surface area (Å²) >= 11 is 0. The number of hydrogen-bond donors (Lipinski definition) is 0. The van der Waals surface area contributed by atoms with Crippen molar-refractivity contribution in [2.45, 2.75) is 44.1 Å². The third-order valence-electron chi connectivity index (χ3n) is 4.26. The van der Waals surface area contributed by atoms with Gasteiger partial charge in [0, 0.05) is 6.42 Å². The van der Waals surface area contributed by atoms with Gasteiger partial charge >= 0.3 is 0 Å². The maximum absolute atomic E-state index is 12.7. The van der Waals surface area contributed by atoms with Crippen LogP contribution in [0.3, 0.4) is 0 Å². The Labute approximate surface area is 110 Å². The second kappa shape index (κ2) is 5.66. The minimum atomic E-state index is -0.214. The van der Waals surface area contributed by atoms with Gasteiger partial charge < -0.3 is 0 Å². The summed E-state index contributed by atoms with van der Waals surface area (Å²) in [6.07, 6.45) is 6.24. The summed E-state index contributed by atoms with van der Waals surface area (Å²) in [5, 5.41) is 0. The van der Waals surface area contributed by atoms with Crippen molar-refractivity contribution in [1.29, 1.82) is 0 Å². The highest BCUT2D eigenvalue weighted by Gasteiger charge is 2.40. The van der Waals surface area contributed by atoms with Crippen molar-refractivity contribution in [1.82, 2.24) is 4.90 Å². The Bertz CT molecular complexity index is 391. The first kappa shape index (κ1) is 13.3. The fourth-order valence-electron chi connectivity index (χ4n) is 3.06. The minimum absolute atomic E-state index is 0.214. The monoisotopic (exact) mass is 245 g/mol. The lowest BCUT2D eigenvalue weighted by atomic mass is 9.76. The van der Waals surface area contributed by atoms with E-state index >= 15 is 0 Å². The number of benzene rings is 1. The second-order valence-electron chi connectivity index (χ2n) is 5.57. The van der Waals surface area contributed by atoms with Crippen molar-refractivity contribution < 1.29 is 4.79 Å². The molecule has 0 atom stereocenters. The molecule has 1 aromatic carbocycles. The van der Waals surface area contributed by atoms with Crippen LogP contribution in [0.15, 0.2) is 30.3 Å². The first-order valence-electron chi connectivity index (χ1n) is 6.90. The summed E-state index contributed by atoms with van der Waals surface area (Å²) in [5.74, 6) is 0.387. The third-order valence-corrected chi connectivity index (χ3v) is 4.26. The maximum atomic E-state index is 12.7. The van der Waals surface area contributed by atoms with Crippen LogP contribution in [-0.4, -0.2) is 30.3 Å². The van der Waals surface area contributed by atoms with E-state index in [1.807, 2.05) is 44.4 Å². The molecule has 1 fully saturated rings. The van der Waals surface area contributed by atoms with E-state index in [9.17, 15) is 4.79 Å². The van der Waals surface area contributed by atoms with Crippen LogP contribution < -0.4 is 0 Å². The number of carbonyl (C=O) groups is 1. The van der Waals surface area contributed by atoms with Gasteiger partial charge in [0.25, 0.3) is 0 Å². The first-order chi connectivity index (χ1) is 8.65. The molecule has 0 N–H and O–H groups in total. The quantitative estimate of drug-likeness (QED) is 0.812. The Hall–Kier alpha value is -1.15. The SMILES string of the molecule is CN(C)C1(C(=O)Cc2ccccc2)CCCCC1. The third kappa shape index (κ3) is 2.64. The van der Waals surface area contributed by atoms with E-state index in [1.54, 1.807) is 0 Å². The van der Waals surface area contributed by atoms with Crippen molar-refractivity contribution in [3.05, 3.63) is 35.9 Å². The zero-order valence-corrected chi connectivity index (χ0v) is 11.5. The van der Waals surface area contributed by atoms with E-state index in [1.165, 1.54) is 19.3 Å². The van der Waals surface area contributed by atoms with E-state index in [2.05, 4.69) is 4.90 Å². The van der Waals surface area contributed by atoms with E-state index in [0.29, 0.717) is 12.2 Å². The van der Waals surface area contributed by atoms with Crippen LogP contribution in [0.25, 0.3) is 0 Å². The highest BCUT2D eigenvalue weighted by Crippen LogP contribution is 2.33. The van der Waals surface area contributed by atoms with Gasteiger partial charge in [-0.05, 0) is 32.5 Å². The lowest BCUT2D eigenvalue weighted by molar-refractivity contribution is -0.131. The average molecular weight is 245 g/mol. The topological polar surface area (TPSA) is 20.3 Å². The molecule has 1 aromatic rings. The second-order valence-corrected chi connectivity index (χ2v) is 5.57. The molecular formula is C16H23NO. The van der Waals surface area contributed by atoms with Crippen molar-refractivity contribution in [3.8, 4) is 0 Å². The van der Waals surface area contributed by atoms with Gasteiger partial charge in [-0.1, -0.05) is 49.6 Å². The van der Waals surface area contributed by atoms with Crippen LogP contribution in [-0.2, 0) is 11.2 Å². The number of hydrogen-bond acceptors (Lipinski definition) is 2. The molecule has 98 valence electrons. The molecule has 0 unspecified atom stereocenters. The predicted molar refractivity (Wildman–Crippen MR) is 74.7 cm³/mol. The van der Waals surface area contributed by atoms with E-state index < -0.39 is 0 Å². The number of ketones is 1. The summed E-state index contributed by atoms with van der Waals surface area (Å²) in [7, 11) is 4.10. The van der Waals surface area contributed by atoms with Crippen LogP contribution >= 0.6 is 0 Å². The molecule has 18 heavy (non-hydrogen) atoms. The zero-order chi connectivity index (χ0) is 13.0. The van der Waals surface area contributed by atoms with Crippen molar-refractivity contribution in [3.63, 3.8) is 0 Å². The highest BCUT2D eigenvalue weighted by molar-refractivity contribution is 5.90. The van der Waals surface area contributed by atoms with Gasteiger partial charge in [0.1, 0.15) is 0 Å². The molecule has 0 saturated heterocycles. The van der Waals surface area contributed by atoms with Crippen LogP contribution in [0.1, 0.15) is 37.7 Å². The molecular weight excluding hydrogens is 222 g/mol. The fourth-order valence-corrected chi connectivity index (χ4v) is 3.06. The van der Waals surface area contributed by atoms with Crippen molar-refractivity contribution >= 4 is 5.78 Å². The molecule has 1 saturated carbocycles. The van der Waals surface area contributed by atoms with Gasteiger partial charge in [0.15, 0.2) is 5.78 Å². The molecule has 2 nitrogen and oxygen atoms in total. The Morgan fingerprint density at radius 3 is 2.28 bits per heavy atom. The lowest BCUT2D eigenvalue weighted by Crippen LogP contribution is -2.53. The smallest absolute Gasteiger partial charge is 0.157 e. The number of likely N-dealkylation sites (N-methyl/N-ethyl adjacent to an activating group) is 1. The van der Waals surface area contributed by atoms with Crippen LogP contribution in [0.4, 0.5) is 0 Å². The molecule has 0 amide bonds. The lowest BCUT2D eigenvalue weighted by Gasteiger charge is -2.41. The Morgan fingerprint density at radius 1 is 1.11 bits per heavy atom. The fraction of sp³-hybridized carbons (Fsp3) is 0.562. The maximum Gasteiger partial charge on any atom is 0.157 e. The van der Waals surface area contributed by atoms with E-state index in [4.69, 9.17) is 0 Å². The van der Waals surface area contributed by atoms with Crippen LogP contribution in [0.5, 0.6) is 0 Å². The molecule has 0 spiro atoms. The standard InChI is InChI=1S/C16H23NO/c1-17(2)16(11-7-4-8-12-16)15(18)13-14-9-5-3-6-10-14/h3,5-6,9-10H,4,7-8,11-13H2,1-2H3. The Morgan fingerprint density at radius 2 is 1.72 bits per heavy atom. The van der Waals surface area contributed by atoms with Gasteiger partial charge in [-0.25, -0.2) is 0 Å². The van der Waals surface area contributed by atoms with Crippen molar-refractivity contribution in [2.24, 2.45) is 0 Å². The van der Waals surface area contributed by atoms with Crippen LogP contribution in [0.2, 0.25) is 0 Å². The highest BCUT2D eigenvalue weighted by atomic mass is 16.1. The average Bonchev–Trinajstić information content (AvgIpc) is 2.40. The van der Waals surface area contributed by atoms with Gasteiger partial charge in [0.05, 0.1) is 5.54 Å². The van der Waals surface area contributed by atoms with E-state index in [0.717, 1.165) is 18.4 Å². The normalized spacial score (nSPS) is 18.8. The first-order valence-corrected chi connectivity index (χ1v) is 6.90. The molecule has 2 rings (SSSR count). The summed E-state index contributed by atoms with van der Waals surface area (Å²) in [4.78, 5) is 14.8. The Balaban J connectivity index is 2.14. The molecule has 0 aliphatic heterocycles. The van der Waals surface area contributed by atoms with Gasteiger partial charge in [-0.15, -0.1) is 0 Å². The van der Waals surface area contributed by atoms with Crippen molar-refractivity contribution in [2.75, 3.05) is 14.1 Å². The largest absolute Gasteiger partial charge is 0.297 e. The Kier molecular flexibility index (Phi) is 4.18. The predicted octanol–water partition coefficient (Wildman–Crippen LogP) is 3.06. The van der Waals surface area contributed by atoms with Gasteiger partial charge in [-0.2, -0.15) is 0 Å². The summed E-state index contributed by atoms with van der Waals surface area (Å²) in [6.45, 7) is 0. The number of nitrogens with zero attached hydrogens (tertiary/aromatic N) is 1. The number of carbonyl (C=O) groups excluding carboxylic acids is 1. The van der Waals surface area contributed by atoms with Crippen LogP contribution in [0, 0.1) is 0 Å². The minimum Gasteiger partial charge on any atom is -0.297 e. The molecule has 1 aliphatic carbocycles. The summed E-state index contributed by atoms with van der Waals surface area (Å²) in [5.41, 5.74) is 0.919. The molecule has 0 radical (unpaired) electrons. The van der Waals surface area contributed by atoms with Gasteiger partial charge in [-0.3, -0.25) is 9.69 Å². The molecule has 2 heteroatoms. The zero-order valence-electron chi connectivity index (χ0n) is 11.5. The summed E-state index contributed by atoms with van der Waals surface area (Å²) in [6, 6.07) is 10.1. The number of rotatable bonds is 4. The van der Waals surface area contributed by atoms with E-state index in [-0.39, 0.29) is 5.54 Å². The molecule has 0 aromatic heterocycles. The van der Waals surface area contributed by atoms with Gasteiger partial charge in [0.2, 0.25) is 0 Å². The summed E-state index contributed by atoms with van der Waals surface area (Å²) < 4.78 is 0. The molecule has 0 bridgehead atoms. The number of Topliss-reactive ketones (excluding diaryl/α,β-unsaturated/α-hetero) is 1.